The van der Waals surface area contributed by atoms with Gasteiger partial charge in [-0.2, -0.15) is 0 Å². The van der Waals surface area contributed by atoms with Crippen LogP contribution in [0.15, 0.2) is 41.1 Å². The smallest absolute Gasteiger partial charge is 0.405 e. The number of hydrogen-bond acceptors (Lipinski definition) is 10. The summed E-state index contributed by atoms with van der Waals surface area (Å²) in [7, 11) is -1.31. The van der Waals surface area contributed by atoms with Crippen molar-refractivity contribution in [3.8, 4) is 0 Å². The summed E-state index contributed by atoms with van der Waals surface area (Å²) in [6.07, 6.45) is 3.35. The molecule has 3 fully saturated rings. The van der Waals surface area contributed by atoms with Gasteiger partial charge in [-0.3, -0.25) is 0 Å². The summed E-state index contributed by atoms with van der Waals surface area (Å²) < 4.78 is 36.6. The van der Waals surface area contributed by atoms with Crippen molar-refractivity contribution in [1.29, 1.82) is 0 Å². The first kappa shape index (κ1) is 37.5. The fraction of sp³-hybridized carbons (Fsp3) is 0.655. The van der Waals surface area contributed by atoms with E-state index < -0.39 is 14.0 Å². The van der Waals surface area contributed by atoms with Crippen LogP contribution in [0.3, 0.4) is 0 Å². The first-order valence-electron chi connectivity index (χ1n) is 14.1. The van der Waals surface area contributed by atoms with Gasteiger partial charge in [-0.05, 0) is 117 Å². The van der Waals surface area contributed by atoms with Crippen LogP contribution in [0.2, 0.25) is 0 Å². The van der Waals surface area contributed by atoms with E-state index in [4.69, 9.17) is 39.4 Å². The van der Waals surface area contributed by atoms with Gasteiger partial charge < -0.3 is 39.4 Å². The predicted octanol–water partition coefficient (Wildman–Crippen LogP) is 5.27. The van der Waals surface area contributed by atoms with Crippen LogP contribution >= 0.6 is 15.9 Å². The monoisotopic (exact) mass is 662 g/mol. The normalized spacial score (nSPS) is 23.4. The highest BCUT2D eigenvalue weighted by Gasteiger charge is 2.63. The van der Waals surface area contributed by atoms with Crippen LogP contribution in [0.25, 0.3) is 0 Å². The van der Waals surface area contributed by atoms with Gasteiger partial charge in [-0.1, -0.05) is 13.5 Å². The van der Waals surface area contributed by atoms with Gasteiger partial charge >= 0.3 is 21.1 Å². The van der Waals surface area contributed by atoms with Crippen molar-refractivity contribution in [2.45, 2.75) is 124 Å². The molecular weight excluding hydrogens is 613 g/mol. The zero-order valence-electron chi connectivity index (χ0n) is 27.1. The van der Waals surface area contributed by atoms with Crippen molar-refractivity contribution in [2.75, 3.05) is 11.5 Å². The SMILES string of the molecule is C.CC1(C)OB(B2OC(C)(C)C(C)(C)O2)OC1(C)C.CC1(C)OB(c2ccc(N)nc2)OC1(C)C.Nc1ccc(Br)cn1. The molecule has 3 saturated heterocycles. The van der Waals surface area contributed by atoms with Crippen molar-refractivity contribution in [3.05, 3.63) is 41.1 Å². The average molecular weight is 663 g/mol. The molecule has 0 saturated carbocycles. The Bertz CT molecular complexity index is 1110. The number of aromatic nitrogens is 2. The van der Waals surface area contributed by atoms with E-state index in [0.717, 1.165) is 9.94 Å². The van der Waals surface area contributed by atoms with Gasteiger partial charge in [0.25, 0.3) is 0 Å². The lowest BCUT2D eigenvalue weighted by molar-refractivity contribution is 0.00578. The molecule has 0 bridgehead atoms. The summed E-state index contributed by atoms with van der Waals surface area (Å²) in [6, 6.07) is 7.22. The molecule has 2 aromatic heterocycles. The van der Waals surface area contributed by atoms with Crippen molar-refractivity contribution in [1.82, 2.24) is 9.97 Å². The number of nitrogens with two attached hydrogens (primary N) is 2. The Labute approximate surface area is 268 Å². The van der Waals surface area contributed by atoms with Gasteiger partial charge in [0.05, 0.1) is 33.6 Å². The van der Waals surface area contributed by atoms with Gasteiger partial charge in [0.2, 0.25) is 0 Å². The topological polar surface area (TPSA) is 133 Å². The molecule has 3 aliphatic rings. The van der Waals surface area contributed by atoms with Gasteiger partial charge in [-0.25, -0.2) is 9.97 Å². The second kappa shape index (κ2) is 13.0. The van der Waals surface area contributed by atoms with Crippen LogP contribution in [0, 0.1) is 0 Å². The minimum atomic E-state index is -0.476. The molecule has 0 unspecified atom stereocenters. The summed E-state index contributed by atoms with van der Waals surface area (Å²) in [5.41, 5.74) is 9.65. The Morgan fingerprint density at radius 3 is 1.14 bits per heavy atom. The Morgan fingerprint density at radius 2 is 0.860 bits per heavy atom. The lowest BCUT2D eigenvalue weighted by Gasteiger charge is -2.32. The Hall–Kier alpha value is -1.67. The van der Waals surface area contributed by atoms with E-state index in [1.807, 2.05) is 95.2 Å². The number of nitrogen functional groups attached to an aromatic ring is 2. The van der Waals surface area contributed by atoms with Crippen molar-refractivity contribution < 1.29 is 27.9 Å². The highest BCUT2D eigenvalue weighted by atomic mass is 79.9. The summed E-state index contributed by atoms with van der Waals surface area (Å²) >= 11 is 3.23. The third-order valence-corrected chi connectivity index (χ3v) is 9.32. The number of hydrogen-bond donors (Lipinski definition) is 2. The minimum absolute atomic E-state index is 0. The zero-order valence-corrected chi connectivity index (χ0v) is 28.7. The Balaban J connectivity index is 0.000000237. The van der Waals surface area contributed by atoms with E-state index in [0.29, 0.717) is 11.6 Å². The second-order valence-corrected chi connectivity index (χ2v) is 14.7. The standard InChI is InChI=1S/C12H24B2O4.C11H17BN2O2.C5H5BrN2.CH4/c1-9(2)10(3,4)16-13(15-9)14-17-11(5,6)12(7,8)18-14;1-10(2)11(3,4)16-12(15-10)8-5-6-9(13)14-7-8;6-4-1-2-5(7)8-3-4;/h1-8H3;5-7H,1-4H3,(H2,13,14);1-3H,(H2,7,8);1H4. The molecule has 3 aliphatic heterocycles. The van der Waals surface area contributed by atoms with Crippen LogP contribution in [0.5, 0.6) is 0 Å². The Morgan fingerprint density at radius 1 is 0.535 bits per heavy atom. The summed E-state index contributed by atoms with van der Waals surface area (Å²) in [5, 5.41) is 0. The maximum absolute atomic E-state index is 5.96. The van der Waals surface area contributed by atoms with Crippen LogP contribution in [0.4, 0.5) is 11.6 Å². The van der Waals surface area contributed by atoms with E-state index in [9.17, 15) is 0 Å². The molecule has 0 radical (unpaired) electrons. The lowest BCUT2D eigenvalue weighted by Crippen LogP contribution is -2.41. The molecule has 238 valence electrons. The van der Waals surface area contributed by atoms with Crippen molar-refractivity contribution in [2.24, 2.45) is 0 Å². The molecule has 5 heterocycles. The molecule has 5 rings (SSSR count). The zero-order chi connectivity index (χ0) is 31.9. The molecule has 10 nitrogen and oxygen atoms in total. The fourth-order valence-corrected chi connectivity index (χ4v) is 4.16. The van der Waals surface area contributed by atoms with Crippen molar-refractivity contribution >= 4 is 54.2 Å². The first-order chi connectivity index (χ1) is 19.0. The molecule has 43 heavy (non-hydrogen) atoms. The van der Waals surface area contributed by atoms with Gasteiger partial charge in [0.1, 0.15) is 11.6 Å². The summed E-state index contributed by atoms with van der Waals surface area (Å²) in [4.78, 5) is 7.85. The molecule has 0 atom stereocenters. The summed E-state index contributed by atoms with van der Waals surface area (Å²) in [6.45, 7) is 24.3. The predicted molar refractivity (Wildman–Crippen MR) is 180 cm³/mol. The lowest BCUT2D eigenvalue weighted by atomic mass is 9.49. The summed E-state index contributed by atoms with van der Waals surface area (Å²) in [5.74, 6) is 1.05. The fourth-order valence-electron chi connectivity index (χ4n) is 3.92. The van der Waals surface area contributed by atoms with E-state index in [2.05, 4.69) is 25.9 Å². The highest BCUT2D eigenvalue weighted by molar-refractivity contribution is 9.10. The van der Waals surface area contributed by atoms with Gasteiger partial charge in [0.15, 0.2) is 0 Å². The van der Waals surface area contributed by atoms with E-state index in [1.165, 1.54) is 0 Å². The van der Waals surface area contributed by atoms with Gasteiger partial charge in [-0.15, -0.1) is 0 Å². The number of rotatable bonds is 2. The third-order valence-electron chi connectivity index (χ3n) is 8.85. The molecule has 2 aromatic rings. The molecule has 0 spiro atoms. The number of pyridine rings is 2. The second-order valence-electron chi connectivity index (χ2n) is 13.8. The molecule has 4 N–H and O–H groups in total. The molecule has 0 aromatic carbocycles. The maximum Gasteiger partial charge on any atom is 0.496 e. The molecular formula is C29H50B3BrN4O6. The molecule has 14 heteroatoms. The number of anilines is 2. The first-order valence-corrected chi connectivity index (χ1v) is 14.9. The quantitative estimate of drug-likeness (QED) is 0.410. The number of nitrogens with zero attached hydrogens (tertiary/aromatic N) is 2. The van der Waals surface area contributed by atoms with Crippen LogP contribution < -0.4 is 16.9 Å². The van der Waals surface area contributed by atoms with E-state index in [1.54, 1.807) is 24.5 Å². The van der Waals surface area contributed by atoms with E-state index >= 15 is 0 Å². The van der Waals surface area contributed by atoms with Crippen LogP contribution in [-0.4, -0.2) is 64.7 Å². The van der Waals surface area contributed by atoms with Crippen molar-refractivity contribution in [3.63, 3.8) is 0 Å². The third kappa shape index (κ3) is 8.54. The molecule has 0 aliphatic carbocycles. The van der Waals surface area contributed by atoms with Crippen LogP contribution in [-0.2, 0) is 27.9 Å². The largest absolute Gasteiger partial charge is 0.496 e. The van der Waals surface area contributed by atoms with E-state index in [-0.39, 0.29) is 48.2 Å². The highest BCUT2D eigenvalue weighted by Crippen LogP contribution is 2.43. The maximum atomic E-state index is 5.96. The average Bonchev–Trinajstić information content (AvgIpc) is 3.31. The Kier molecular flexibility index (Phi) is 11.3. The van der Waals surface area contributed by atoms with Crippen LogP contribution in [0.1, 0.15) is 90.5 Å². The minimum Gasteiger partial charge on any atom is -0.405 e. The molecule has 0 amide bonds. The number of halogens is 1. The van der Waals surface area contributed by atoms with Gasteiger partial charge in [0, 0.05) is 22.3 Å².